The number of aryl methyl sites for hydroxylation is 1. The zero-order valence-corrected chi connectivity index (χ0v) is 11.3. The number of ether oxygens (including phenoxy) is 1. The van der Waals surface area contributed by atoms with Gasteiger partial charge in [0.25, 0.3) is 0 Å². The van der Waals surface area contributed by atoms with Gasteiger partial charge in [0.2, 0.25) is 0 Å². The van der Waals surface area contributed by atoms with Gasteiger partial charge >= 0.3 is 0 Å². The molecule has 0 saturated carbocycles. The van der Waals surface area contributed by atoms with Crippen LogP contribution in [0.4, 0.5) is 4.39 Å². The van der Waals surface area contributed by atoms with Gasteiger partial charge in [0, 0.05) is 11.6 Å². The van der Waals surface area contributed by atoms with Crippen molar-refractivity contribution in [2.75, 3.05) is 7.11 Å². The van der Waals surface area contributed by atoms with Crippen molar-refractivity contribution in [1.29, 1.82) is 0 Å². The Hall–Kier alpha value is -1.87. The maximum Gasteiger partial charge on any atom is 0.133 e. The Balaban J connectivity index is 2.44. The summed E-state index contributed by atoms with van der Waals surface area (Å²) in [5.41, 5.74) is 3.04. The third kappa shape index (κ3) is 2.61. The Bertz CT molecular complexity index is 593. The molecule has 2 aromatic carbocycles. The van der Waals surface area contributed by atoms with Crippen molar-refractivity contribution in [2.45, 2.75) is 20.0 Å². The molecule has 0 aliphatic rings. The predicted molar refractivity (Wildman–Crippen MR) is 72.9 cm³/mol. The van der Waals surface area contributed by atoms with E-state index >= 15 is 0 Å². The SMILES string of the molecule is COc1ccc(C(O)c2cccc(C)c2C)c(F)c1. The normalized spacial score (nSPS) is 12.3. The van der Waals surface area contributed by atoms with Crippen LogP contribution in [0.25, 0.3) is 0 Å². The summed E-state index contributed by atoms with van der Waals surface area (Å²) in [6.07, 6.45) is -0.967. The highest BCUT2D eigenvalue weighted by Crippen LogP contribution is 2.29. The fourth-order valence-corrected chi connectivity index (χ4v) is 2.09. The Kier molecular flexibility index (Phi) is 3.86. The van der Waals surface area contributed by atoms with Crippen molar-refractivity contribution >= 4 is 0 Å². The summed E-state index contributed by atoms with van der Waals surface area (Å²) in [7, 11) is 1.48. The van der Waals surface area contributed by atoms with Crippen LogP contribution in [0.5, 0.6) is 5.75 Å². The molecule has 100 valence electrons. The molecule has 3 heteroatoms. The average molecular weight is 260 g/mol. The summed E-state index contributed by atoms with van der Waals surface area (Å²) in [6, 6.07) is 10.1. The van der Waals surface area contributed by atoms with Crippen molar-refractivity contribution in [1.82, 2.24) is 0 Å². The Morgan fingerprint density at radius 2 is 1.84 bits per heavy atom. The molecule has 0 amide bonds. The second-order valence-electron chi connectivity index (χ2n) is 4.58. The number of aliphatic hydroxyl groups is 1. The molecule has 0 fully saturated rings. The molecule has 0 spiro atoms. The second-order valence-corrected chi connectivity index (χ2v) is 4.58. The van der Waals surface area contributed by atoms with Crippen molar-refractivity contribution in [2.24, 2.45) is 0 Å². The fraction of sp³-hybridized carbons (Fsp3) is 0.250. The lowest BCUT2D eigenvalue weighted by Crippen LogP contribution is -2.05. The van der Waals surface area contributed by atoms with E-state index in [0.29, 0.717) is 5.75 Å². The molecule has 19 heavy (non-hydrogen) atoms. The molecule has 1 atom stereocenters. The number of benzene rings is 2. The number of hydrogen-bond donors (Lipinski definition) is 1. The van der Waals surface area contributed by atoms with E-state index in [1.807, 2.05) is 32.0 Å². The maximum atomic E-state index is 14.0. The van der Waals surface area contributed by atoms with Crippen LogP contribution in [-0.4, -0.2) is 12.2 Å². The smallest absolute Gasteiger partial charge is 0.133 e. The van der Waals surface area contributed by atoms with Gasteiger partial charge in [-0.05, 0) is 42.7 Å². The van der Waals surface area contributed by atoms with E-state index in [9.17, 15) is 9.50 Å². The number of aliphatic hydroxyl groups excluding tert-OH is 1. The molecule has 1 N–H and O–H groups in total. The van der Waals surface area contributed by atoms with Gasteiger partial charge in [0.05, 0.1) is 7.11 Å². The van der Waals surface area contributed by atoms with Gasteiger partial charge in [-0.15, -0.1) is 0 Å². The largest absolute Gasteiger partial charge is 0.497 e. The van der Waals surface area contributed by atoms with E-state index in [1.165, 1.54) is 13.2 Å². The third-order valence-electron chi connectivity index (χ3n) is 3.44. The lowest BCUT2D eigenvalue weighted by Gasteiger charge is -2.16. The number of rotatable bonds is 3. The lowest BCUT2D eigenvalue weighted by molar-refractivity contribution is 0.214. The lowest BCUT2D eigenvalue weighted by atomic mass is 9.94. The van der Waals surface area contributed by atoms with Crippen LogP contribution in [0.15, 0.2) is 36.4 Å². The van der Waals surface area contributed by atoms with Crippen LogP contribution < -0.4 is 4.74 Å². The minimum atomic E-state index is -0.967. The summed E-state index contributed by atoms with van der Waals surface area (Å²) >= 11 is 0. The molecule has 0 radical (unpaired) electrons. The molecule has 0 bridgehead atoms. The fourth-order valence-electron chi connectivity index (χ4n) is 2.09. The van der Waals surface area contributed by atoms with Gasteiger partial charge < -0.3 is 9.84 Å². The van der Waals surface area contributed by atoms with E-state index in [0.717, 1.165) is 16.7 Å². The van der Waals surface area contributed by atoms with Crippen LogP contribution in [-0.2, 0) is 0 Å². The molecular formula is C16H17FO2. The van der Waals surface area contributed by atoms with E-state index < -0.39 is 11.9 Å². The Morgan fingerprint density at radius 3 is 2.47 bits per heavy atom. The van der Waals surface area contributed by atoms with Crippen molar-refractivity contribution < 1.29 is 14.2 Å². The third-order valence-corrected chi connectivity index (χ3v) is 3.44. The van der Waals surface area contributed by atoms with Gasteiger partial charge in [-0.1, -0.05) is 18.2 Å². The monoisotopic (exact) mass is 260 g/mol. The van der Waals surface area contributed by atoms with Gasteiger partial charge in [-0.2, -0.15) is 0 Å². The predicted octanol–water partition coefficient (Wildman–Crippen LogP) is 3.53. The van der Waals surface area contributed by atoms with E-state index in [2.05, 4.69) is 0 Å². The van der Waals surface area contributed by atoms with Gasteiger partial charge in [0.1, 0.15) is 17.7 Å². The summed E-state index contributed by atoms with van der Waals surface area (Å²) < 4.78 is 18.9. The summed E-state index contributed by atoms with van der Waals surface area (Å²) in [6.45, 7) is 3.89. The first kappa shape index (κ1) is 13.6. The molecule has 0 saturated heterocycles. The van der Waals surface area contributed by atoms with E-state index in [-0.39, 0.29) is 5.56 Å². The Morgan fingerprint density at radius 1 is 1.11 bits per heavy atom. The minimum absolute atomic E-state index is 0.259. The molecule has 2 nitrogen and oxygen atoms in total. The molecule has 0 heterocycles. The molecule has 0 aromatic heterocycles. The minimum Gasteiger partial charge on any atom is -0.497 e. The standard InChI is InChI=1S/C16H17FO2/c1-10-5-4-6-13(11(10)2)16(18)14-8-7-12(19-3)9-15(14)17/h4-9,16,18H,1-3H3. The van der Waals surface area contributed by atoms with Crippen LogP contribution >= 0.6 is 0 Å². The Labute approximate surface area is 112 Å². The molecular weight excluding hydrogens is 243 g/mol. The number of methoxy groups -OCH3 is 1. The van der Waals surface area contributed by atoms with Crippen molar-refractivity contribution in [3.63, 3.8) is 0 Å². The van der Waals surface area contributed by atoms with Gasteiger partial charge in [0.15, 0.2) is 0 Å². The van der Waals surface area contributed by atoms with Crippen molar-refractivity contribution in [3.05, 3.63) is 64.5 Å². The highest BCUT2D eigenvalue weighted by molar-refractivity contribution is 5.41. The summed E-state index contributed by atoms with van der Waals surface area (Å²) in [5.74, 6) is -0.0258. The van der Waals surface area contributed by atoms with Crippen LogP contribution in [0.3, 0.4) is 0 Å². The molecule has 2 aromatic rings. The second kappa shape index (κ2) is 5.41. The zero-order chi connectivity index (χ0) is 14.0. The van der Waals surface area contributed by atoms with Crippen LogP contribution in [0.2, 0.25) is 0 Å². The quantitative estimate of drug-likeness (QED) is 0.914. The maximum absolute atomic E-state index is 14.0. The number of halogens is 1. The van der Waals surface area contributed by atoms with Gasteiger partial charge in [-0.3, -0.25) is 0 Å². The zero-order valence-electron chi connectivity index (χ0n) is 11.3. The van der Waals surface area contributed by atoms with Crippen LogP contribution in [0.1, 0.15) is 28.4 Å². The molecule has 1 unspecified atom stereocenters. The first-order chi connectivity index (χ1) is 9.04. The van der Waals surface area contributed by atoms with E-state index in [1.54, 1.807) is 12.1 Å². The van der Waals surface area contributed by atoms with Gasteiger partial charge in [-0.25, -0.2) is 4.39 Å². The molecule has 2 rings (SSSR count). The van der Waals surface area contributed by atoms with E-state index in [4.69, 9.17) is 4.74 Å². The number of hydrogen-bond acceptors (Lipinski definition) is 2. The van der Waals surface area contributed by atoms with Crippen LogP contribution in [0, 0.1) is 19.7 Å². The molecule has 0 aliphatic heterocycles. The summed E-state index contributed by atoms with van der Waals surface area (Å²) in [4.78, 5) is 0. The topological polar surface area (TPSA) is 29.5 Å². The average Bonchev–Trinajstić information content (AvgIpc) is 2.41. The highest BCUT2D eigenvalue weighted by atomic mass is 19.1. The molecule has 0 aliphatic carbocycles. The highest BCUT2D eigenvalue weighted by Gasteiger charge is 2.17. The summed E-state index contributed by atoms with van der Waals surface area (Å²) in [5, 5.41) is 10.4. The first-order valence-corrected chi connectivity index (χ1v) is 6.12. The first-order valence-electron chi connectivity index (χ1n) is 6.12. The van der Waals surface area contributed by atoms with Crippen molar-refractivity contribution in [3.8, 4) is 5.75 Å².